The van der Waals surface area contributed by atoms with Gasteiger partial charge in [-0.25, -0.2) is 0 Å². The van der Waals surface area contributed by atoms with E-state index in [-0.39, 0.29) is 5.78 Å². The predicted molar refractivity (Wildman–Crippen MR) is 65.9 cm³/mol. The van der Waals surface area contributed by atoms with Crippen molar-refractivity contribution in [3.8, 4) is 5.75 Å². The third-order valence-corrected chi connectivity index (χ3v) is 3.28. The van der Waals surface area contributed by atoms with Crippen LogP contribution in [0.4, 0.5) is 0 Å². The van der Waals surface area contributed by atoms with Crippen LogP contribution in [0.25, 0.3) is 0 Å². The molecular formula is C12H13NO2S. The van der Waals surface area contributed by atoms with Crippen molar-refractivity contribution in [2.45, 2.75) is 0 Å². The van der Waals surface area contributed by atoms with Gasteiger partial charge in [0.05, 0.1) is 12.1 Å². The van der Waals surface area contributed by atoms with E-state index >= 15 is 0 Å². The van der Waals surface area contributed by atoms with Crippen molar-refractivity contribution >= 4 is 17.5 Å². The second-order valence-corrected chi connectivity index (χ2v) is 4.51. The Morgan fingerprint density at radius 3 is 2.75 bits per heavy atom. The third kappa shape index (κ3) is 2.58. The first-order chi connectivity index (χ1) is 7.79. The number of nitrogens with one attached hydrogen (secondary N) is 1. The highest BCUT2D eigenvalue weighted by molar-refractivity contribution is 8.03. The fourth-order valence-corrected chi connectivity index (χ4v) is 2.26. The zero-order valence-electron chi connectivity index (χ0n) is 9.03. The van der Waals surface area contributed by atoms with E-state index < -0.39 is 0 Å². The average molecular weight is 235 g/mol. The van der Waals surface area contributed by atoms with E-state index in [1.54, 1.807) is 49.2 Å². The molecule has 16 heavy (non-hydrogen) atoms. The molecule has 3 nitrogen and oxygen atoms in total. The Morgan fingerprint density at radius 2 is 2.19 bits per heavy atom. The van der Waals surface area contributed by atoms with Crippen LogP contribution in [0.1, 0.15) is 10.4 Å². The molecule has 0 unspecified atom stereocenters. The number of thioether (sulfide) groups is 1. The van der Waals surface area contributed by atoms with Gasteiger partial charge in [-0.2, -0.15) is 0 Å². The summed E-state index contributed by atoms with van der Waals surface area (Å²) in [5.74, 6) is 1.82. The largest absolute Gasteiger partial charge is 0.497 e. The molecule has 1 aliphatic rings. The molecule has 84 valence electrons. The summed E-state index contributed by atoms with van der Waals surface area (Å²) in [6.07, 6.45) is 1.65. The molecule has 1 heterocycles. The number of hydrogen-bond acceptors (Lipinski definition) is 4. The number of allylic oxidation sites excluding steroid dienone is 1. The lowest BCUT2D eigenvalue weighted by Crippen LogP contribution is -2.06. The number of carbonyl (C=O) groups is 1. The molecule has 4 heteroatoms. The van der Waals surface area contributed by atoms with Gasteiger partial charge in [-0.05, 0) is 24.3 Å². The smallest absolute Gasteiger partial charge is 0.188 e. The van der Waals surface area contributed by atoms with Gasteiger partial charge >= 0.3 is 0 Å². The minimum absolute atomic E-state index is 0.0274. The SMILES string of the molecule is COc1ccc(C(=O)/C=C2/NCCS2)cc1. The first kappa shape index (κ1) is 11.1. The number of methoxy groups -OCH3 is 1. The Morgan fingerprint density at radius 1 is 1.44 bits per heavy atom. The molecule has 0 amide bonds. The molecule has 0 saturated carbocycles. The highest BCUT2D eigenvalue weighted by atomic mass is 32.2. The number of rotatable bonds is 3. The summed E-state index contributed by atoms with van der Waals surface area (Å²) in [7, 11) is 1.61. The molecule has 2 rings (SSSR count). The van der Waals surface area contributed by atoms with Gasteiger partial charge in [-0.15, -0.1) is 11.8 Å². The van der Waals surface area contributed by atoms with Crippen molar-refractivity contribution in [2.75, 3.05) is 19.4 Å². The summed E-state index contributed by atoms with van der Waals surface area (Å²) in [6.45, 7) is 0.937. The molecule has 0 radical (unpaired) electrons. The van der Waals surface area contributed by atoms with Crippen LogP contribution in [0.3, 0.4) is 0 Å². The van der Waals surface area contributed by atoms with Crippen molar-refractivity contribution < 1.29 is 9.53 Å². The van der Waals surface area contributed by atoms with Crippen LogP contribution in [0, 0.1) is 0 Å². The Balaban J connectivity index is 2.11. The molecule has 0 spiro atoms. The second-order valence-electron chi connectivity index (χ2n) is 3.38. The molecular weight excluding hydrogens is 222 g/mol. The minimum atomic E-state index is 0.0274. The van der Waals surface area contributed by atoms with Gasteiger partial charge in [-0.1, -0.05) is 0 Å². The number of benzene rings is 1. The minimum Gasteiger partial charge on any atom is -0.497 e. The second kappa shape index (κ2) is 5.07. The summed E-state index contributed by atoms with van der Waals surface area (Å²) in [6, 6.07) is 7.14. The zero-order chi connectivity index (χ0) is 11.4. The van der Waals surface area contributed by atoms with E-state index in [1.807, 2.05) is 0 Å². The lowest BCUT2D eigenvalue weighted by Gasteiger charge is -2.01. The first-order valence-corrected chi connectivity index (χ1v) is 6.05. The third-order valence-electron chi connectivity index (χ3n) is 2.30. The standard InChI is InChI=1S/C12H13NO2S/c1-15-10-4-2-9(3-5-10)11(14)8-12-13-6-7-16-12/h2-5,8,13H,6-7H2,1H3/b12-8-. The van der Waals surface area contributed by atoms with Crippen molar-refractivity contribution in [2.24, 2.45) is 0 Å². The maximum Gasteiger partial charge on any atom is 0.188 e. The molecule has 1 aromatic rings. The van der Waals surface area contributed by atoms with Gasteiger partial charge in [0.25, 0.3) is 0 Å². The van der Waals surface area contributed by atoms with Crippen LogP contribution in [0.5, 0.6) is 5.75 Å². The van der Waals surface area contributed by atoms with Gasteiger partial charge < -0.3 is 10.1 Å². The summed E-state index contributed by atoms with van der Waals surface area (Å²) >= 11 is 1.68. The van der Waals surface area contributed by atoms with Crippen LogP contribution in [0.2, 0.25) is 0 Å². The van der Waals surface area contributed by atoms with E-state index in [2.05, 4.69) is 5.32 Å². The Hall–Kier alpha value is -1.42. The molecule has 0 aliphatic carbocycles. The number of carbonyl (C=O) groups excluding carboxylic acids is 1. The van der Waals surface area contributed by atoms with Crippen LogP contribution in [-0.2, 0) is 0 Å². The molecule has 0 atom stereocenters. The molecule has 1 N–H and O–H groups in total. The van der Waals surface area contributed by atoms with Crippen molar-refractivity contribution in [3.63, 3.8) is 0 Å². The van der Waals surface area contributed by atoms with Gasteiger partial charge in [0.2, 0.25) is 0 Å². The summed E-state index contributed by atoms with van der Waals surface area (Å²) in [5, 5.41) is 4.12. The van der Waals surface area contributed by atoms with Crippen molar-refractivity contribution in [3.05, 3.63) is 40.9 Å². The monoisotopic (exact) mass is 235 g/mol. The van der Waals surface area contributed by atoms with E-state index in [0.717, 1.165) is 23.1 Å². The topological polar surface area (TPSA) is 38.3 Å². The van der Waals surface area contributed by atoms with E-state index in [9.17, 15) is 4.79 Å². The van der Waals surface area contributed by atoms with Crippen LogP contribution in [0.15, 0.2) is 35.4 Å². The maximum atomic E-state index is 11.8. The van der Waals surface area contributed by atoms with Crippen LogP contribution >= 0.6 is 11.8 Å². The van der Waals surface area contributed by atoms with Gasteiger partial charge in [-0.3, -0.25) is 4.79 Å². The average Bonchev–Trinajstić information content (AvgIpc) is 2.82. The lowest BCUT2D eigenvalue weighted by atomic mass is 10.1. The fraction of sp³-hybridized carbons (Fsp3) is 0.250. The van der Waals surface area contributed by atoms with Gasteiger partial charge in [0.15, 0.2) is 5.78 Å². The quantitative estimate of drug-likeness (QED) is 0.643. The van der Waals surface area contributed by atoms with Crippen molar-refractivity contribution in [1.29, 1.82) is 0 Å². The number of ketones is 1. The fourth-order valence-electron chi connectivity index (χ4n) is 1.44. The molecule has 0 aromatic heterocycles. The Kier molecular flexibility index (Phi) is 3.51. The molecule has 1 aromatic carbocycles. The van der Waals surface area contributed by atoms with E-state index in [4.69, 9.17) is 4.74 Å². The summed E-state index contributed by atoms with van der Waals surface area (Å²) in [5.41, 5.74) is 0.683. The highest BCUT2D eigenvalue weighted by Gasteiger charge is 2.09. The molecule has 1 fully saturated rings. The molecule has 1 aliphatic heterocycles. The zero-order valence-corrected chi connectivity index (χ0v) is 9.84. The van der Waals surface area contributed by atoms with E-state index in [1.165, 1.54) is 0 Å². The lowest BCUT2D eigenvalue weighted by molar-refractivity contribution is 0.104. The van der Waals surface area contributed by atoms with Crippen LogP contribution in [-0.4, -0.2) is 25.2 Å². The van der Waals surface area contributed by atoms with E-state index in [0.29, 0.717) is 5.56 Å². The predicted octanol–water partition coefficient (Wildman–Crippen LogP) is 2.06. The summed E-state index contributed by atoms with van der Waals surface area (Å²) in [4.78, 5) is 11.8. The van der Waals surface area contributed by atoms with Crippen molar-refractivity contribution in [1.82, 2.24) is 5.32 Å². The normalized spacial score (nSPS) is 17.2. The molecule has 1 saturated heterocycles. The number of hydrogen-bond donors (Lipinski definition) is 1. The maximum absolute atomic E-state index is 11.8. The number of ether oxygens (including phenoxy) is 1. The first-order valence-electron chi connectivity index (χ1n) is 5.06. The Bertz CT molecular complexity index is 404. The van der Waals surface area contributed by atoms with Gasteiger partial charge in [0.1, 0.15) is 5.75 Å². The van der Waals surface area contributed by atoms with Crippen LogP contribution < -0.4 is 10.1 Å². The highest BCUT2D eigenvalue weighted by Crippen LogP contribution is 2.19. The summed E-state index contributed by atoms with van der Waals surface area (Å²) < 4.78 is 5.04. The molecule has 0 bridgehead atoms. The van der Waals surface area contributed by atoms with Gasteiger partial charge in [0, 0.05) is 23.9 Å². The Labute approximate surface area is 98.9 Å².